The van der Waals surface area contributed by atoms with Crippen molar-refractivity contribution in [2.24, 2.45) is 0 Å². The Morgan fingerprint density at radius 3 is 2.57 bits per heavy atom. The fourth-order valence-electron chi connectivity index (χ4n) is 2.54. The Morgan fingerprint density at radius 2 is 1.89 bits per heavy atom. The molecule has 0 aliphatic rings. The summed E-state index contributed by atoms with van der Waals surface area (Å²) in [5, 5.41) is 9.41. The van der Waals surface area contributed by atoms with Gasteiger partial charge in [-0.1, -0.05) is 30.3 Å². The fraction of sp³-hybridized carbons (Fsp3) is 0.0870. The lowest BCUT2D eigenvalue weighted by molar-refractivity contribution is 0.103. The van der Waals surface area contributed by atoms with Crippen LogP contribution in [0.15, 0.2) is 78.5 Å². The van der Waals surface area contributed by atoms with Gasteiger partial charge in [-0.05, 0) is 48.0 Å². The Labute approximate surface area is 163 Å². The molecule has 0 atom stereocenters. The number of carbonyl (C=O) groups is 1. The standard InChI is InChI=1S/C23H18N2O3/c1-27-22-7-4-5-18(14-22)23(26)19(15-24)13-17-8-10-21(11-9-17)28-16-20-6-2-3-12-25-20/h2-14H,16H2,1H3/b19-13+. The summed E-state index contributed by atoms with van der Waals surface area (Å²) in [7, 11) is 1.53. The number of ether oxygens (including phenoxy) is 2. The molecule has 28 heavy (non-hydrogen) atoms. The van der Waals surface area contributed by atoms with Gasteiger partial charge in [0.1, 0.15) is 29.7 Å². The molecule has 138 valence electrons. The summed E-state index contributed by atoms with van der Waals surface area (Å²) in [6, 6.07) is 21.5. The number of aromatic nitrogens is 1. The molecule has 1 aromatic heterocycles. The van der Waals surface area contributed by atoms with Crippen LogP contribution in [0.25, 0.3) is 6.08 Å². The van der Waals surface area contributed by atoms with E-state index in [1.165, 1.54) is 7.11 Å². The summed E-state index contributed by atoms with van der Waals surface area (Å²) in [6.07, 6.45) is 3.28. The fourth-order valence-corrected chi connectivity index (χ4v) is 2.54. The molecule has 0 radical (unpaired) electrons. The molecule has 2 aromatic carbocycles. The molecular weight excluding hydrogens is 352 g/mol. The number of carbonyl (C=O) groups excluding carboxylic acids is 1. The zero-order valence-electron chi connectivity index (χ0n) is 15.3. The Hall–Kier alpha value is -3.91. The molecule has 1 heterocycles. The molecule has 3 rings (SSSR count). The molecule has 0 fully saturated rings. The minimum Gasteiger partial charge on any atom is -0.497 e. The van der Waals surface area contributed by atoms with Gasteiger partial charge in [0.05, 0.1) is 12.8 Å². The predicted molar refractivity (Wildman–Crippen MR) is 106 cm³/mol. The molecule has 5 nitrogen and oxygen atoms in total. The Bertz CT molecular complexity index is 1020. The van der Waals surface area contributed by atoms with Crippen LogP contribution in [0, 0.1) is 11.3 Å². The second kappa shape index (κ2) is 9.15. The highest BCUT2D eigenvalue weighted by atomic mass is 16.5. The van der Waals surface area contributed by atoms with E-state index in [9.17, 15) is 10.1 Å². The van der Waals surface area contributed by atoms with E-state index in [1.54, 1.807) is 60.8 Å². The maximum Gasteiger partial charge on any atom is 0.203 e. The SMILES string of the molecule is COc1cccc(C(=O)/C(C#N)=C/c2ccc(OCc3ccccn3)cc2)c1. The number of benzene rings is 2. The number of hydrogen-bond donors (Lipinski definition) is 0. The maximum atomic E-state index is 12.6. The zero-order valence-corrected chi connectivity index (χ0v) is 15.3. The minimum absolute atomic E-state index is 0.0513. The molecule has 0 spiro atoms. The summed E-state index contributed by atoms with van der Waals surface area (Å²) < 4.78 is 10.8. The van der Waals surface area contributed by atoms with E-state index >= 15 is 0 Å². The van der Waals surface area contributed by atoms with E-state index in [-0.39, 0.29) is 11.4 Å². The second-order valence-corrected chi connectivity index (χ2v) is 5.91. The Balaban J connectivity index is 1.72. The maximum absolute atomic E-state index is 12.6. The third-order valence-corrected chi connectivity index (χ3v) is 4.00. The average Bonchev–Trinajstić information content (AvgIpc) is 2.77. The van der Waals surface area contributed by atoms with Crippen LogP contribution in [0.2, 0.25) is 0 Å². The minimum atomic E-state index is -0.350. The van der Waals surface area contributed by atoms with Gasteiger partial charge in [0, 0.05) is 11.8 Å². The van der Waals surface area contributed by atoms with Gasteiger partial charge in [-0.15, -0.1) is 0 Å². The Kier molecular flexibility index (Phi) is 6.17. The lowest BCUT2D eigenvalue weighted by atomic mass is 10.0. The van der Waals surface area contributed by atoms with Crippen molar-refractivity contribution >= 4 is 11.9 Å². The summed E-state index contributed by atoms with van der Waals surface area (Å²) in [6.45, 7) is 0.369. The van der Waals surface area contributed by atoms with Gasteiger partial charge in [0.25, 0.3) is 0 Å². The third kappa shape index (κ3) is 4.83. The van der Waals surface area contributed by atoms with Crippen LogP contribution in [0.1, 0.15) is 21.6 Å². The number of hydrogen-bond acceptors (Lipinski definition) is 5. The number of nitriles is 1. The van der Waals surface area contributed by atoms with Gasteiger partial charge < -0.3 is 9.47 Å². The van der Waals surface area contributed by atoms with E-state index in [0.29, 0.717) is 23.7 Å². The van der Waals surface area contributed by atoms with Crippen molar-refractivity contribution in [2.75, 3.05) is 7.11 Å². The largest absolute Gasteiger partial charge is 0.497 e. The summed E-state index contributed by atoms with van der Waals surface area (Å²) in [5.41, 5.74) is 2.03. The number of methoxy groups -OCH3 is 1. The average molecular weight is 370 g/mol. The van der Waals surface area contributed by atoms with E-state index in [4.69, 9.17) is 9.47 Å². The zero-order chi connectivity index (χ0) is 19.8. The molecule has 3 aromatic rings. The first-order chi connectivity index (χ1) is 13.7. The van der Waals surface area contributed by atoms with E-state index in [2.05, 4.69) is 4.98 Å². The Morgan fingerprint density at radius 1 is 1.07 bits per heavy atom. The quantitative estimate of drug-likeness (QED) is 0.349. The lowest BCUT2D eigenvalue weighted by Gasteiger charge is -2.06. The monoisotopic (exact) mass is 370 g/mol. The van der Waals surface area contributed by atoms with E-state index in [0.717, 1.165) is 11.3 Å². The van der Waals surface area contributed by atoms with Crippen LogP contribution in [-0.2, 0) is 6.61 Å². The van der Waals surface area contributed by atoms with Crippen molar-refractivity contribution in [3.05, 3.63) is 95.3 Å². The highest BCUT2D eigenvalue weighted by Crippen LogP contribution is 2.19. The van der Waals surface area contributed by atoms with Crippen molar-refractivity contribution in [3.63, 3.8) is 0 Å². The molecule has 0 aliphatic carbocycles. The van der Waals surface area contributed by atoms with Gasteiger partial charge in [-0.3, -0.25) is 9.78 Å². The van der Waals surface area contributed by atoms with Crippen LogP contribution >= 0.6 is 0 Å². The molecular formula is C23H18N2O3. The first-order valence-corrected chi connectivity index (χ1v) is 8.63. The summed E-state index contributed by atoms with van der Waals surface area (Å²) >= 11 is 0. The van der Waals surface area contributed by atoms with Crippen molar-refractivity contribution < 1.29 is 14.3 Å². The highest BCUT2D eigenvalue weighted by Gasteiger charge is 2.13. The van der Waals surface area contributed by atoms with Gasteiger partial charge in [0.2, 0.25) is 5.78 Å². The molecule has 0 aliphatic heterocycles. The number of Topliss-reactive ketones (excluding diaryl/α,β-unsaturated/α-hetero) is 1. The van der Waals surface area contributed by atoms with Crippen molar-refractivity contribution in [1.29, 1.82) is 5.26 Å². The van der Waals surface area contributed by atoms with Crippen molar-refractivity contribution in [1.82, 2.24) is 4.98 Å². The van der Waals surface area contributed by atoms with Crippen LogP contribution in [0.4, 0.5) is 0 Å². The first kappa shape index (κ1) is 18.9. The predicted octanol–water partition coefficient (Wildman–Crippen LogP) is 4.46. The van der Waals surface area contributed by atoms with Crippen LogP contribution in [-0.4, -0.2) is 17.9 Å². The number of allylic oxidation sites excluding steroid dienone is 1. The van der Waals surface area contributed by atoms with E-state index in [1.807, 2.05) is 24.3 Å². The van der Waals surface area contributed by atoms with Crippen LogP contribution in [0.5, 0.6) is 11.5 Å². The lowest BCUT2D eigenvalue weighted by Crippen LogP contribution is -2.02. The molecule has 0 N–H and O–H groups in total. The number of nitrogens with zero attached hydrogens (tertiary/aromatic N) is 2. The topological polar surface area (TPSA) is 72.2 Å². The molecule has 0 amide bonds. The molecule has 0 saturated carbocycles. The van der Waals surface area contributed by atoms with Gasteiger partial charge in [-0.2, -0.15) is 5.26 Å². The third-order valence-electron chi connectivity index (χ3n) is 4.00. The number of ketones is 1. The molecule has 0 bridgehead atoms. The molecule has 5 heteroatoms. The van der Waals surface area contributed by atoms with Crippen molar-refractivity contribution in [2.45, 2.75) is 6.61 Å². The van der Waals surface area contributed by atoms with Gasteiger partial charge in [-0.25, -0.2) is 0 Å². The summed E-state index contributed by atoms with van der Waals surface area (Å²) in [5.74, 6) is 0.898. The first-order valence-electron chi connectivity index (χ1n) is 8.63. The second-order valence-electron chi connectivity index (χ2n) is 5.91. The smallest absolute Gasteiger partial charge is 0.203 e. The number of rotatable bonds is 7. The van der Waals surface area contributed by atoms with Crippen LogP contribution in [0.3, 0.4) is 0 Å². The van der Waals surface area contributed by atoms with Crippen LogP contribution < -0.4 is 9.47 Å². The normalized spacial score (nSPS) is 10.8. The molecule has 0 saturated heterocycles. The molecule has 0 unspecified atom stereocenters. The summed E-state index contributed by atoms with van der Waals surface area (Å²) in [4.78, 5) is 16.8. The van der Waals surface area contributed by atoms with Crippen molar-refractivity contribution in [3.8, 4) is 17.6 Å². The number of pyridine rings is 1. The highest BCUT2D eigenvalue weighted by molar-refractivity contribution is 6.14. The van der Waals surface area contributed by atoms with Gasteiger partial charge in [0.15, 0.2) is 0 Å². The van der Waals surface area contributed by atoms with Gasteiger partial charge >= 0.3 is 0 Å². The van der Waals surface area contributed by atoms with E-state index < -0.39 is 0 Å².